The Morgan fingerprint density at radius 1 is 1.25 bits per heavy atom. The highest BCUT2D eigenvalue weighted by Crippen LogP contribution is 2.35. The Morgan fingerprint density at radius 3 is 2.50 bits per heavy atom. The second kappa shape index (κ2) is 5.99. The van der Waals surface area contributed by atoms with E-state index in [0.717, 1.165) is 29.3 Å². The third kappa shape index (κ3) is 2.50. The zero-order valence-electron chi connectivity index (χ0n) is 12.7. The first-order valence-corrected chi connectivity index (χ1v) is 7.18. The molecule has 1 aromatic carbocycles. The molecule has 0 saturated heterocycles. The van der Waals surface area contributed by atoms with Gasteiger partial charge in [0.1, 0.15) is 23.1 Å². The highest BCUT2D eigenvalue weighted by molar-refractivity contribution is 5.76. The van der Waals surface area contributed by atoms with Crippen LogP contribution in [0.5, 0.6) is 5.75 Å². The number of anilines is 1. The summed E-state index contributed by atoms with van der Waals surface area (Å²) in [4.78, 5) is 4.72. The van der Waals surface area contributed by atoms with Crippen molar-refractivity contribution < 1.29 is 4.74 Å². The van der Waals surface area contributed by atoms with Gasteiger partial charge < -0.3 is 15.0 Å². The largest absolute Gasteiger partial charge is 0.493 e. The number of aryl methyl sites for hydroxylation is 1. The number of imidazole rings is 1. The standard InChI is InChI=1S/C16H23N3O/c1-5-14-18-15(16(17)19(14)11(3)4)12-9-7-8-10-13(12)20-6-2/h7-11H,5-6,17H2,1-4H3. The minimum atomic E-state index is 0.297. The number of hydrogen-bond acceptors (Lipinski definition) is 3. The molecule has 4 nitrogen and oxygen atoms in total. The molecule has 1 heterocycles. The van der Waals surface area contributed by atoms with Gasteiger partial charge in [-0.1, -0.05) is 19.1 Å². The van der Waals surface area contributed by atoms with Crippen LogP contribution in [0, 0.1) is 0 Å². The molecule has 0 amide bonds. The maximum absolute atomic E-state index is 6.32. The van der Waals surface area contributed by atoms with Gasteiger partial charge in [0.05, 0.1) is 6.61 Å². The summed E-state index contributed by atoms with van der Waals surface area (Å²) in [5.41, 5.74) is 8.10. The Morgan fingerprint density at radius 2 is 1.95 bits per heavy atom. The molecule has 0 unspecified atom stereocenters. The number of rotatable bonds is 5. The molecule has 0 saturated carbocycles. The van der Waals surface area contributed by atoms with E-state index < -0.39 is 0 Å². The monoisotopic (exact) mass is 273 g/mol. The van der Waals surface area contributed by atoms with Crippen LogP contribution in [0.4, 0.5) is 5.82 Å². The van der Waals surface area contributed by atoms with E-state index in [1.54, 1.807) is 0 Å². The van der Waals surface area contributed by atoms with Crippen LogP contribution in [0.2, 0.25) is 0 Å². The molecule has 0 bridgehead atoms. The lowest BCUT2D eigenvalue weighted by atomic mass is 10.1. The van der Waals surface area contributed by atoms with Gasteiger partial charge in [-0.25, -0.2) is 4.98 Å². The number of ether oxygens (including phenoxy) is 1. The first-order valence-electron chi connectivity index (χ1n) is 7.18. The van der Waals surface area contributed by atoms with Crippen molar-refractivity contribution in [2.45, 2.75) is 40.2 Å². The van der Waals surface area contributed by atoms with Crippen LogP contribution in [0.15, 0.2) is 24.3 Å². The normalized spacial score (nSPS) is 11.1. The summed E-state index contributed by atoms with van der Waals surface area (Å²) in [5, 5.41) is 0. The van der Waals surface area contributed by atoms with Gasteiger partial charge >= 0.3 is 0 Å². The van der Waals surface area contributed by atoms with Crippen LogP contribution in [0.25, 0.3) is 11.3 Å². The predicted molar refractivity (Wildman–Crippen MR) is 83.0 cm³/mol. The number of benzene rings is 1. The second-order valence-corrected chi connectivity index (χ2v) is 5.01. The molecular weight excluding hydrogens is 250 g/mol. The van der Waals surface area contributed by atoms with Gasteiger partial charge in [0.15, 0.2) is 0 Å². The van der Waals surface area contributed by atoms with E-state index in [1.807, 2.05) is 31.2 Å². The Balaban J connectivity index is 2.59. The fourth-order valence-electron chi connectivity index (χ4n) is 2.46. The van der Waals surface area contributed by atoms with Crippen LogP contribution in [-0.4, -0.2) is 16.2 Å². The Bertz CT molecular complexity index is 587. The van der Waals surface area contributed by atoms with E-state index in [-0.39, 0.29) is 0 Å². The van der Waals surface area contributed by atoms with E-state index in [9.17, 15) is 0 Å². The average molecular weight is 273 g/mol. The fraction of sp³-hybridized carbons (Fsp3) is 0.438. The van der Waals surface area contributed by atoms with Gasteiger partial charge in [0, 0.05) is 18.0 Å². The lowest BCUT2D eigenvalue weighted by molar-refractivity contribution is 0.341. The first-order chi connectivity index (χ1) is 9.60. The van der Waals surface area contributed by atoms with E-state index >= 15 is 0 Å². The number of aromatic nitrogens is 2. The second-order valence-electron chi connectivity index (χ2n) is 5.01. The van der Waals surface area contributed by atoms with Gasteiger partial charge in [-0.3, -0.25) is 0 Å². The third-order valence-corrected chi connectivity index (χ3v) is 3.30. The maximum atomic E-state index is 6.32. The average Bonchev–Trinajstić information content (AvgIpc) is 2.77. The van der Waals surface area contributed by atoms with Crippen molar-refractivity contribution in [3.8, 4) is 17.0 Å². The molecule has 1 aromatic heterocycles. The smallest absolute Gasteiger partial charge is 0.132 e. The maximum Gasteiger partial charge on any atom is 0.132 e. The molecule has 2 rings (SSSR count). The minimum absolute atomic E-state index is 0.297. The lowest BCUT2D eigenvalue weighted by Gasteiger charge is -2.13. The zero-order chi connectivity index (χ0) is 14.7. The van der Waals surface area contributed by atoms with Gasteiger partial charge in [0.2, 0.25) is 0 Å². The number of hydrogen-bond donors (Lipinski definition) is 1. The molecule has 2 N–H and O–H groups in total. The van der Waals surface area contributed by atoms with Crippen LogP contribution >= 0.6 is 0 Å². The summed E-state index contributed by atoms with van der Waals surface area (Å²) >= 11 is 0. The van der Waals surface area contributed by atoms with Crippen LogP contribution in [-0.2, 0) is 6.42 Å². The van der Waals surface area contributed by atoms with E-state index in [2.05, 4.69) is 25.3 Å². The third-order valence-electron chi connectivity index (χ3n) is 3.30. The lowest BCUT2D eigenvalue weighted by Crippen LogP contribution is -2.09. The van der Waals surface area contributed by atoms with Crippen LogP contribution < -0.4 is 10.5 Å². The van der Waals surface area contributed by atoms with Gasteiger partial charge in [0.25, 0.3) is 0 Å². The summed E-state index contributed by atoms with van der Waals surface area (Å²) in [6.07, 6.45) is 0.860. The summed E-state index contributed by atoms with van der Waals surface area (Å²) in [7, 11) is 0. The zero-order valence-corrected chi connectivity index (χ0v) is 12.7. The summed E-state index contributed by atoms with van der Waals surface area (Å²) < 4.78 is 7.78. The molecular formula is C16H23N3O. The van der Waals surface area contributed by atoms with E-state index in [0.29, 0.717) is 18.5 Å². The van der Waals surface area contributed by atoms with Crippen molar-refractivity contribution in [2.75, 3.05) is 12.3 Å². The highest BCUT2D eigenvalue weighted by atomic mass is 16.5. The van der Waals surface area contributed by atoms with Crippen molar-refractivity contribution in [3.63, 3.8) is 0 Å². The molecule has 0 atom stereocenters. The summed E-state index contributed by atoms with van der Waals surface area (Å²) in [5.74, 6) is 2.56. The van der Waals surface area contributed by atoms with Gasteiger partial charge in [-0.05, 0) is 32.9 Å². The van der Waals surface area contributed by atoms with Gasteiger partial charge in [-0.15, -0.1) is 0 Å². The van der Waals surface area contributed by atoms with Crippen molar-refractivity contribution in [2.24, 2.45) is 0 Å². The minimum Gasteiger partial charge on any atom is -0.493 e. The van der Waals surface area contributed by atoms with Crippen LogP contribution in [0.3, 0.4) is 0 Å². The number of nitrogens with zero attached hydrogens (tertiary/aromatic N) is 2. The summed E-state index contributed by atoms with van der Waals surface area (Å²) in [6, 6.07) is 8.21. The van der Waals surface area contributed by atoms with Crippen molar-refractivity contribution >= 4 is 5.82 Å². The molecule has 0 fully saturated rings. The van der Waals surface area contributed by atoms with Crippen LogP contribution in [0.1, 0.15) is 39.6 Å². The number of nitrogens with two attached hydrogens (primary N) is 1. The van der Waals surface area contributed by atoms with Crippen molar-refractivity contribution in [3.05, 3.63) is 30.1 Å². The predicted octanol–water partition coefficient (Wildman–Crippen LogP) is 3.67. The molecule has 0 aliphatic carbocycles. The molecule has 0 aliphatic heterocycles. The van der Waals surface area contributed by atoms with Gasteiger partial charge in [-0.2, -0.15) is 0 Å². The SMILES string of the molecule is CCOc1ccccc1-c1nc(CC)n(C(C)C)c1N. The molecule has 108 valence electrons. The molecule has 4 heteroatoms. The quantitative estimate of drug-likeness (QED) is 0.904. The molecule has 0 aliphatic rings. The first kappa shape index (κ1) is 14.4. The topological polar surface area (TPSA) is 53.1 Å². The molecule has 0 radical (unpaired) electrons. The van der Waals surface area contributed by atoms with E-state index in [4.69, 9.17) is 15.5 Å². The Hall–Kier alpha value is -1.97. The molecule has 2 aromatic rings. The fourth-order valence-corrected chi connectivity index (χ4v) is 2.46. The van der Waals surface area contributed by atoms with Crippen molar-refractivity contribution in [1.29, 1.82) is 0 Å². The van der Waals surface area contributed by atoms with E-state index in [1.165, 1.54) is 0 Å². The number of nitrogen functional groups attached to an aromatic ring is 1. The Kier molecular flexibility index (Phi) is 4.32. The Labute approximate surface area is 120 Å². The van der Waals surface area contributed by atoms with Crippen molar-refractivity contribution in [1.82, 2.24) is 9.55 Å². The molecule has 20 heavy (non-hydrogen) atoms. The highest BCUT2D eigenvalue weighted by Gasteiger charge is 2.19. The molecule has 0 spiro atoms. The number of para-hydroxylation sites is 1. The summed E-state index contributed by atoms with van der Waals surface area (Å²) in [6.45, 7) is 8.94.